The highest BCUT2D eigenvalue weighted by atomic mass is 16.4. The van der Waals surface area contributed by atoms with Gasteiger partial charge in [0.25, 0.3) is 0 Å². The molecule has 0 N–H and O–H groups in total. The molecule has 0 bridgehead atoms. The average molecular weight is 119 g/mol. The predicted molar refractivity (Wildman–Crippen MR) is 35.4 cm³/mol. The van der Waals surface area contributed by atoms with Crippen LogP contribution in [-0.2, 0) is 4.42 Å². The first-order valence-electron chi connectivity index (χ1n) is 3.03. The molecule has 1 aliphatic carbocycles. The smallest absolute Gasteiger partial charge is 0.210 e. The third kappa shape index (κ3) is 0.653. The molecule has 2 aliphatic rings. The summed E-state index contributed by atoms with van der Waals surface area (Å²) in [5.74, 6) is 0. The number of rotatable bonds is 0. The first-order chi connectivity index (χ1) is 4.47. The molecule has 0 atom stereocenters. The maximum atomic E-state index is 5.17. The molecule has 1 nitrogen and oxygen atoms in total. The summed E-state index contributed by atoms with van der Waals surface area (Å²) in [5.41, 5.74) is 1.29. The highest BCUT2D eigenvalue weighted by Crippen LogP contribution is 2.24. The highest BCUT2D eigenvalue weighted by Gasteiger charge is 2.12. The maximum Gasteiger partial charge on any atom is 0.210 e. The molecule has 1 heterocycles. The monoisotopic (exact) mass is 119 g/mol. The summed E-state index contributed by atoms with van der Waals surface area (Å²) in [7, 11) is 0. The molecule has 0 aromatic heterocycles. The number of carbonyl (C=O) groups excluding carboxylic acids is 1. The van der Waals surface area contributed by atoms with E-state index in [4.69, 9.17) is 4.42 Å². The van der Waals surface area contributed by atoms with Gasteiger partial charge >= 0.3 is 0 Å². The summed E-state index contributed by atoms with van der Waals surface area (Å²) < 4.78 is 5.17. The van der Waals surface area contributed by atoms with Crippen molar-refractivity contribution in [3.8, 4) is 0 Å². The van der Waals surface area contributed by atoms with Gasteiger partial charge in [-0.05, 0) is 6.42 Å². The lowest BCUT2D eigenvalue weighted by Gasteiger charge is -2.14. The fraction of sp³-hybridized carbons (Fsp3) is 0.125. The van der Waals surface area contributed by atoms with Gasteiger partial charge in [-0.25, -0.2) is 12.2 Å². The van der Waals surface area contributed by atoms with E-state index < -0.39 is 0 Å². The van der Waals surface area contributed by atoms with Crippen molar-refractivity contribution in [3.05, 3.63) is 36.3 Å². The summed E-state index contributed by atoms with van der Waals surface area (Å²) in [4.78, 5) is 0. The molecule has 0 saturated heterocycles. The van der Waals surface area contributed by atoms with Crippen molar-refractivity contribution in [1.29, 1.82) is 0 Å². The first-order valence-corrected chi connectivity index (χ1v) is 3.03. The van der Waals surface area contributed by atoms with Gasteiger partial charge in [0.2, 0.25) is 6.29 Å². The third-order valence-electron chi connectivity index (χ3n) is 1.49. The minimum absolute atomic E-state index is 0.955. The van der Waals surface area contributed by atoms with E-state index in [2.05, 4.69) is 6.08 Å². The highest BCUT2D eigenvalue weighted by molar-refractivity contribution is 5.63. The fourth-order valence-corrected chi connectivity index (χ4v) is 1.01. The van der Waals surface area contributed by atoms with Crippen LogP contribution in [0.4, 0.5) is 0 Å². The van der Waals surface area contributed by atoms with Gasteiger partial charge in [0.05, 0.1) is 0 Å². The second-order valence-electron chi connectivity index (χ2n) is 2.10. The Bertz CT molecular complexity index is 199. The lowest BCUT2D eigenvalue weighted by Crippen LogP contribution is -1.94. The first kappa shape index (κ1) is 4.74. The van der Waals surface area contributed by atoms with E-state index in [1.807, 2.05) is 24.9 Å². The summed E-state index contributed by atoms with van der Waals surface area (Å²) in [5, 5.41) is 0. The van der Waals surface area contributed by atoms with Crippen LogP contribution in [0, 0.1) is 12.5 Å². The van der Waals surface area contributed by atoms with E-state index in [9.17, 15) is 0 Å². The van der Waals surface area contributed by atoms with Crippen molar-refractivity contribution >= 4 is 6.29 Å². The van der Waals surface area contributed by atoms with Gasteiger partial charge in [-0.1, -0.05) is 0 Å². The second-order valence-corrected chi connectivity index (χ2v) is 2.10. The van der Waals surface area contributed by atoms with Crippen LogP contribution in [0.3, 0.4) is 0 Å². The van der Waals surface area contributed by atoms with Gasteiger partial charge in [-0.3, -0.25) is 6.42 Å². The molecule has 0 saturated carbocycles. The number of allylic oxidation sites excluding steroid dienone is 2. The van der Waals surface area contributed by atoms with Gasteiger partial charge in [-0.15, -0.1) is 5.57 Å². The normalized spacial score (nSPS) is 21.3. The standard InChI is InChI=1S/C8H7O/c1-2-4-8-7(3-1)5-6-9-8/h1-4,6H,5H2/q-1. The number of hydrogen-bond donors (Lipinski definition) is 0. The minimum Gasteiger partial charge on any atom is -0.335 e. The van der Waals surface area contributed by atoms with Gasteiger partial charge in [0, 0.05) is 0 Å². The van der Waals surface area contributed by atoms with E-state index in [0.717, 1.165) is 12.5 Å². The van der Waals surface area contributed by atoms with Crippen molar-refractivity contribution in [2.45, 2.75) is 6.42 Å². The zero-order chi connectivity index (χ0) is 6.10. The van der Waals surface area contributed by atoms with E-state index in [1.165, 1.54) is 5.57 Å². The van der Waals surface area contributed by atoms with Crippen LogP contribution in [0.1, 0.15) is 6.42 Å². The van der Waals surface area contributed by atoms with Crippen LogP contribution in [-0.4, -0.2) is 6.29 Å². The second kappa shape index (κ2) is 1.69. The van der Waals surface area contributed by atoms with Crippen LogP contribution in [0.5, 0.6) is 0 Å². The summed E-state index contributed by atoms with van der Waals surface area (Å²) in [6, 6.07) is 0. The van der Waals surface area contributed by atoms with E-state index >= 15 is 0 Å². The Morgan fingerprint density at radius 2 is 2.67 bits per heavy atom. The van der Waals surface area contributed by atoms with Crippen molar-refractivity contribution in [2.24, 2.45) is 0 Å². The molecule has 0 amide bonds. The Hall–Kier alpha value is -1.11. The largest absolute Gasteiger partial charge is 0.335 e. The number of fused-ring (bicyclic) bond motifs is 1. The molecule has 2 rings (SSSR count). The summed E-state index contributed by atoms with van der Waals surface area (Å²) in [6.07, 6.45) is 11.9. The zero-order valence-electron chi connectivity index (χ0n) is 5.00. The van der Waals surface area contributed by atoms with Crippen LogP contribution < -0.4 is 0 Å². The predicted octanol–water partition coefficient (Wildman–Crippen LogP) is 1.36. The fourth-order valence-electron chi connectivity index (χ4n) is 1.01. The van der Waals surface area contributed by atoms with Crippen molar-refractivity contribution in [3.63, 3.8) is 0 Å². The summed E-state index contributed by atoms with van der Waals surface area (Å²) in [6.45, 7) is 0. The molecule has 0 aromatic carbocycles. The lowest BCUT2D eigenvalue weighted by molar-refractivity contribution is -0.413. The average Bonchev–Trinajstić information content (AvgIpc) is 2.33. The van der Waals surface area contributed by atoms with Crippen molar-refractivity contribution in [1.82, 2.24) is 0 Å². The van der Waals surface area contributed by atoms with E-state index in [0.29, 0.717) is 0 Å². The topological polar surface area (TPSA) is 11.3 Å². The van der Waals surface area contributed by atoms with Gasteiger partial charge in [0.15, 0.2) is 6.10 Å². The molecule has 46 valence electrons. The number of aldehydes is 1. The Kier molecular flexibility index (Phi) is 0.890. The molecule has 0 aromatic rings. The van der Waals surface area contributed by atoms with Gasteiger partial charge in [-0.2, -0.15) is 6.08 Å². The van der Waals surface area contributed by atoms with E-state index in [1.54, 1.807) is 0 Å². The Morgan fingerprint density at radius 1 is 1.67 bits per heavy atom. The van der Waals surface area contributed by atoms with Gasteiger partial charge in [0.1, 0.15) is 0 Å². The molecule has 0 fully saturated rings. The van der Waals surface area contributed by atoms with Crippen LogP contribution in [0.25, 0.3) is 0 Å². The molecule has 0 spiro atoms. The van der Waals surface area contributed by atoms with Crippen molar-refractivity contribution < 1.29 is 4.42 Å². The minimum atomic E-state index is 0.955. The quantitative estimate of drug-likeness (QED) is 0.259. The van der Waals surface area contributed by atoms with Crippen LogP contribution in [0.15, 0.2) is 23.8 Å². The molecular weight excluding hydrogens is 112 g/mol. The molecule has 1 heteroatoms. The lowest BCUT2D eigenvalue weighted by atomic mass is 10.0. The van der Waals surface area contributed by atoms with Crippen LogP contribution in [0.2, 0.25) is 0 Å². The molecule has 1 aliphatic heterocycles. The van der Waals surface area contributed by atoms with Crippen molar-refractivity contribution in [2.75, 3.05) is 0 Å². The SMILES string of the molecule is C1=C[C-]2[O+]=CCC2=C[CH-]1. The van der Waals surface area contributed by atoms with Gasteiger partial charge < -0.3 is 4.42 Å². The summed E-state index contributed by atoms with van der Waals surface area (Å²) >= 11 is 0. The zero-order valence-corrected chi connectivity index (χ0v) is 5.00. The maximum absolute atomic E-state index is 5.17. The Labute approximate surface area is 54.4 Å². The molecule has 9 heavy (non-hydrogen) atoms. The third-order valence-corrected chi connectivity index (χ3v) is 1.49. The van der Waals surface area contributed by atoms with E-state index in [-0.39, 0.29) is 0 Å². The number of hydrogen-bond acceptors (Lipinski definition) is 0. The Balaban J connectivity index is 2.29. The molecule has 0 unspecified atom stereocenters. The van der Waals surface area contributed by atoms with Crippen LogP contribution >= 0.6 is 0 Å². The Morgan fingerprint density at radius 3 is 3.56 bits per heavy atom. The molecular formula is C8H7O-. The molecule has 0 radical (unpaired) electrons.